The third-order valence-electron chi connectivity index (χ3n) is 3.75. The van der Waals surface area contributed by atoms with E-state index in [1.807, 2.05) is 30.3 Å². The molecule has 4 nitrogen and oxygen atoms in total. The maximum Gasteiger partial charge on any atom is 0.335 e. The molecule has 96 valence electrons. The van der Waals surface area contributed by atoms with E-state index < -0.39 is 12.1 Å². The van der Waals surface area contributed by atoms with Crippen molar-refractivity contribution in [3.8, 4) is 0 Å². The number of carbonyl (C=O) groups excluding carboxylic acids is 1. The van der Waals surface area contributed by atoms with Crippen LogP contribution in [0.3, 0.4) is 0 Å². The SMILES string of the molecule is O=C1O[C@@H]2C[C@H](OCc3ccccc3)CC2C1O. The highest BCUT2D eigenvalue weighted by Gasteiger charge is 2.49. The first-order valence-electron chi connectivity index (χ1n) is 6.28. The molecule has 1 saturated heterocycles. The lowest BCUT2D eigenvalue weighted by Crippen LogP contribution is -2.23. The average Bonchev–Trinajstić information content (AvgIpc) is 2.89. The highest BCUT2D eigenvalue weighted by atomic mass is 16.6. The van der Waals surface area contributed by atoms with Gasteiger partial charge in [-0.25, -0.2) is 4.79 Å². The summed E-state index contributed by atoms with van der Waals surface area (Å²) in [6, 6.07) is 9.97. The largest absolute Gasteiger partial charge is 0.460 e. The van der Waals surface area contributed by atoms with Gasteiger partial charge in [0.15, 0.2) is 6.10 Å². The molecule has 3 rings (SSSR count). The molecule has 0 radical (unpaired) electrons. The van der Waals surface area contributed by atoms with Gasteiger partial charge in [0.25, 0.3) is 0 Å². The molecule has 1 heterocycles. The number of benzene rings is 1. The zero-order valence-corrected chi connectivity index (χ0v) is 9.99. The smallest absolute Gasteiger partial charge is 0.335 e. The Kier molecular flexibility index (Phi) is 3.06. The Labute approximate surface area is 106 Å². The van der Waals surface area contributed by atoms with Crippen LogP contribution in [-0.4, -0.2) is 29.4 Å². The highest BCUT2D eigenvalue weighted by Crippen LogP contribution is 2.38. The molecule has 18 heavy (non-hydrogen) atoms. The Morgan fingerprint density at radius 3 is 2.78 bits per heavy atom. The molecule has 1 saturated carbocycles. The molecule has 1 aliphatic carbocycles. The molecule has 0 amide bonds. The minimum atomic E-state index is -0.958. The van der Waals surface area contributed by atoms with Crippen molar-refractivity contribution in [3.05, 3.63) is 35.9 Å². The van der Waals surface area contributed by atoms with Crippen LogP contribution in [0.1, 0.15) is 18.4 Å². The lowest BCUT2D eigenvalue weighted by molar-refractivity contribution is -0.148. The number of esters is 1. The maximum atomic E-state index is 11.2. The zero-order valence-electron chi connectivity index (χ0n) is 9.99. The van der Waals surface area contributed by atoms with Gasteiger partial charge in [0.1, 0.15) is 6.10 Å². The molecule has 1 aliphatic heterocycles. The Bertz CT molecular complexity index is 431. The van der Waals surface area contributed by atoms with Gasteiger partial charge >= 0.3 is 5.97 Å². The number of carbonyl (C=O) groups is 1. The predicted molar refractivity (Wildman–Crippen MR) is 63.6 cm³/mol. The van der Waals surface area contributed by atoms with Crippen molar-refractivity contribution < 1.29 is 19.4 Å². The molecule has 1 aromatic rings. The third kappa shape index (κ3) is 2.13. The number of fused-ring (bicyclic) bond motifs is 1. The second-order valence-electron chi connectivity index (χ2n) is 4.97. The molecule has 0 bridgehead atoms. The van der Waals surface area contributed by atoms with E-state index in [-0.39, 0.29) is 18.1 Å². The van der Waals surface area contributed by atoms with Crippen LogP contribution in [0.2, 0.25) is 0 Å². The normalized spacial score (nSPS) is 34.4. The first-order chi connectivity index (χ1) is 8.74. The standard InChI is InChI=1S/C14H16O4/c15-13-11-6-10(7-12(11)18-14(13)16)17-8-9-4-2-1-3-5-9/h1-5,10-13,15H,6-8H2/t10-,11?,12-,13?/m1/s1. The monoisotopic (exact) mass is 248 g/mol. The molecule has 1 N–H and O–H groups in total. The molecular weight excluding hydrogens is 232 g/mol. The predicted octanol–water partition coefficient (Wildman–Crippen LogP) is 1.27. The summed E-state index contributed by atoms with van der Waals surface area (Å²) >= 11 is 0. The molecule has 2 aliphatic rings. The van der Waals surface area contributed by atoms with E-state index in [1.165, 1.54) is 0 Å². The van der Waals surface area contributed by atoms with Gasteiger partial charge in [0.2, 0.25) is 0 Å². The lowest BCUT2D eigenvalue weighted by atomic mass is 10.0. The summed E-state index contributed by atoms with van der Waals surface area (Å²) in [6.07, 6.45) is 0.349. The van der Waals surface area contributed by atoms with E-state index in [0.29, 0.717) is 19.4 Å². The highest BCUT2D eigenvalue weighted by molar-refractivity contribution is 5.77. The van der Waals surface area contributed by atoms with Gasteiger partial charge in [-0.1, -0.05) is 30.3 Å². The fourth-order valence-corrected chi connectivity index (χ4v) is 2.77. The molecule has 4 atom stereocenters. The lowest BCUT2D eigenvalue weighted by Gasteiger charge is -2.13. The number of hydrogen-bond donors (Lipinski definition) is 1. The van der Waals surface area contributed by atoms with Crippen molar-refractivity contribution >= 4 is 5.97 Å². The summed E-state index contributed by atoms with van der Waals surface area (Å²) in [7, 11) is 0. The van der Waals surface area contributed by atoms with Gasteiger partial charge < -0.3 is 14.6 Å². The van der Waals surface area contributed by atoms with Gasteiger partial charge in [0, 0.05) is 12.3 Å². The van der Waals surface area contributed by atoms with Crippen molar-refractivity contribution in [2.45, 2.75) is 37.8 Å². The van der Waals surface area contributed by atoms with Gasteiger partial charge in [-0.15, -0.1) is 0 Å². The molecule has 0 aromatic heterocycles. The fourth-order valence-electron chi connectivity index (χ4n) is 2.77. The van der Waals surface area contributed by atoms with Gasteiger partial charge in [0.05, 0.1) is 12.7 Å². The van der Waals surface area contributed by atoms with Crippen LogP contribution in [0.5, 0.6) is 0 Å². The second kappa shape index (κ2) is 4.71. The quantitative estimate of drug-likeness (QED) is 0.818. The zero-order chi connectivity index (χ0) is 12.5. The summed E-state index contributed by atoms with van der Waals surface area (Å²) in [4.78, 5) is 11.2. The minimum absolute atomic E-state index is 0.0722. The summed E-state index contributed by atoms with van der Waals surface area (Å²) in [6.45, 7) is 0.564. The third-order valence-corrected chi connectivity index (χ3v) is 3.75. The summed E-state index contributed by atoms with van der Waals surface area (Å²) in [5.74, 6) is -0.565. The maximum absolute atomic E-state index is 11.2. The van der Waals surface area contributed by atoms with Gasteiger partial charge in [-0.3, -0.25) is 0 Å². The molecular formula is C14H16O4. The number of hydrogen-bond acceptors (Lipinski definition) is 4. The Morgan fingerprint density at radius 2 is 2.06 bits per heavy atom. The molecule has 0 spiro atoms. The van der Waals surface area contributed by atoms with Gasteiger partial charge in [-0.2, -0.15) is 0 Å². The van der Waals surface area contributed by atoms with Crippen molar-refractivity contribution in [1.82, 2.24) is 0 Å². The first-order valence-corrected chi connectivity index (χ1v) is 6.28. The molecule has 2 fully saturated rings. The van der Waals surface area contributed by atoms with Crippen LogP contribution >= 0.6 is 0 Å². The topological polar surface area (TPSA) is 55.8 Å². The van der Waals surface area contributed by atoms with E-state index in [9.17, 15) is 9.90 Å². The number of aliphatic hydroxyl groups excluding tert-OH is 1. The molecule has 2 unspecified atom stereocenters. The van der Waals surface area contributed by atoms with E-state index in [2.05, 4.69) is 0 Å². The van der Waals surface area contributed by atoms with E-state index >= 15 is 0 Å². The summed E-state index contributed by atoms with van der Waals surface area (Å²) in [5, 5.41) is 9.64. The first kappa shape index (κ1) is 11.7. The van der Waals surface area contributed by atoms with Crippen molar-refractivity contribution in [2.24, 2.45) is 5.92 Å². The van der Waals surface area contributed by atoms with E-state index in [0.717, 1.165) is 5.56 Å². The molecule has 4 heteroatoms. The minimum Gasteiger partial charge on any atom is -0.460 e. The van der Waals surface area contributed by atoms with Crippen LogP contribution < -0.4 is 0 Å². The Morgan fingerprint density at radius 1 is 1.28 bits per heavy atom. The van der Waals surface area contributed by atoms with Crippen LogP contribution in [0.4, 0.5) is 0 Å². The number of ether oxygens (including phenoxy) is 2. The second-order valence-corrected chi connectivity index (χ2v) is 4.97. The van der Waals surface area contributed by atoms with Crippen LogP contribution in [0.15, 0.2) is 30.3 Å². The summed E-state index contributed by atoms with van der Waals surface area (Å²) in [5.41, 5.74) is 1.13. The van der Waals surface area contributed by atoms with E-state index in [4.69, 9.17) is 9.47 Å². The van der Waals surface area contributed by atoms with Crippen LogP contribution in [-0.2, 0) is 20.9 Å². The number of rotatable bonds is 3. The van der Waals surface area contributed by atoms with E-state index in [1.54, 1.807) is 0 Å². The van der Waals surface area contributed by atoms with Crippen molar-refractivity contribution in [3.63, 3.8) is 0 Å². The van der Waals surface area contributed by atoms with Gasteiger partial charge in [-0.05, 0) is 12.0 Å². The Balaban J connectivity index is 1.54. The number of aliphatic hydroxyl groups is 1. The van der Waals surface area contributed by atoms with Crippen LogP contribution in [0, 0.1) is 5.92 Å². The fraction of sp³-hybridized carbons (Fsp3) is 0.500. The van der Waals surface area contributed by atoms with Crippen molar-refractivity contribution in [2.75, 3.05) is 0 Å². The molecule has 1 aromatic carbocycles. The Hall–Kier alpha value is -1.39. The summed E-state index contributed by atoms with van der Waals surface area (Å²) < 4.78 is 10.9. The average molecular weight is 248 g/mol. The van der Waals surface area contributed by atoms with Crippen LogP contribution in [0.25, 0.3) is 0 Å². The van der Waals surface area contributed by atoms with Crippen molar-refractivity contribution in [1.29, 1.82) is 0 Å².